The summed E-state index contributed by atoms with van der Waals surface area (Å²) < 4.78 is 62.3. The fraction of sp³-hybridized carbons (Fsp3) is 0.870. The molecule has 0 bridgehead atoms. The van der Waals surface area contributed by atoms with Crippen LogP contribution < -0.4 is 47.9 Å². The number of aliphatic hydroxyl groups excluding tert-OH is 10. The van der Waals surface area contributed by atoms with Crippen molar-refractivity contribution in [2.75, 3.05) is 112 Å². The van der Waals surface area contributed by atoms with Crippen molar-refractivity contribution in [3.63, 3.8) is 0 Å². The van der Waals surface area contributed by atoms with Crippen LogP contribution in [0.1, 0.15) is 144 Å². The van der Waals surface area contributed by atoms with Crippen LogP contribution in [0.2, 0.25) is 0 Å². The zero-order valence-electron chi connectivity index (χ0n) is 63.0. The number of hydrogen-bond donors (Lipinski definition) is 19. The number of nitrogens with one attached hydrogen (secondary N) is 9. The number of ether oxygens (including phenoxy) is 11. The number of aliphatic hydroxyl groups is 10. The maximum atomic E-state index is 13.8. The molecule has 20 atom stereocenters. The minimum atomic E-state index is -1.54. The van der Waals surface area contributed by atoms with Crippen molar-refractivity contribution in [2.45, 2.75) is 272 Å². The highest BCUT2D eigenvalue weighted by molar-refractivity contribution is 5.90. The second-order valence-corrected chi connectivity index (χ2v) is 28.0. The Morgan fingerprint density at radius 2 is 0.759 bits per heavy atom. The van der Waals surface area contributed by atoms with E-state index >= 15 is 0 Å². The summed E-state index contributed by atoms with van der Waals surface area (Å²) in [6.07, 6.45) is -11.2. The molecule has 15 unspecified atom stereocenters. The van der Waals surface area contributed by atoms with E-state index in [-0.39, 0.29) is 129 Å². The van der Waals surface area contributed by atoms with Crippen LogP contribution in [0.15, 0.2) is 0 Å². The lowest BCUT2D eigenvalue weighted by Crippen LogP contribution is -2.64. The lowest BCUT2D eigenvalue weighted by atomic mass is 9.97. The molecule has 4 aliphatic heterocycles. The molecule has 108 heavy (non-hydrogen) atoms. The smallest absolute Gasteiger partial charge is 0.242 e. The maximum absolute atomic E-state index is 13.8. The Balaban J connectivity index is 1.32. The monoisotopic (exact) mass is 1560 g/mol. The van der Waals surface area contributed by atoms with Gasteiger partial charge in [-0.15, -0.1) is 0 Å². The lowest BCUT2D eigenvalue weighted by Gasteiger charge is -2.42. The van der Waals surface area contributed by atoms with E-state index in [2.05, 4.69) is 47.9 Å². The van der Waals surface area contributed by atoms with Gasteiger partial charge in [-0.3, -0.25) is 43.2 Å². The second kappa shape index (κ2) is 51.8. The lowest BCUT2D eigenvalue weighted by molar-refractivity contribution is -0.272. The average Bonchev–Trinajstić information content (AvgIpc) is 0.819. The van der Waals surface area contributed by atoms with Crippen molar-refractivity contribution < 1.29 is 146 Å². The Morgan fingerprint density at radius 3 is 1.14 bits per heavy atom. The zero-order valence-corrected chi connectivity index (χ0v) is 63.0. The highest BCUT2D eigenvalue weighted by Crippen LogP contribution is 2.26. The first kappa shape index (κ1) is 94.8. The van der Waals surface area contributed by atoms with Crippen molar-refractivity contribution in [2.24, 2.45) is 0 Å². The molecular formula is C69H123N9O30. The van der Waals surface area contributed by atoms with Crippen molar-refractivity contribution >= 4 is 53.2 Å². The standard InChI is InChI=1S/C69H123N9O30/c1-40(82)74-55-61(93)58(90)47(36-79)106-66(55)101-32-29-98-26-23-70-52(87)21-18-44(64(96)71-24-27-99-30-33-102-67-56(75-41(2)83)62(94)59(91)48(37-80)107-67)78-54(89)22-19-45(65(97)72-25-28-100-31-34-103-68-57(76-42(3)84)63(95)60(92)49(38-81)108-68)77-53(88)16-14-12-10-8-7-9-11-13-15-51(86)73-35-43-17-20-46(85)50(105-43)39-104-69(4,5)6/h43-50,55-63,66-68,79-81,85,90-95H,7-39H2,1-6H3,(H,70,87)(H,71,96)(H,72,97)(H,73,86)(H,74,82)(H,75,83)(H,76,84)(H,77,88)(H,78,89)/t43-,44-,45-,46-,47?,48?,49?,50+,55?,56?,57?,58?,59?,60?,61?,62?,63?,66?,67?,68?/m0/s1. The Kier molecular flexibility index (Phi) is 45.5. The molecule has 0 radical (unpaired) electrons. The van der Waals surface area contributed by atoms with Crippen LogP contribution >= 0.6 is 0 Å². The van der Waals surface area contributed by atoms with Crippen LogP contribution in [0.4, 0.5) is 0 Å². The second-order valence-electron chi connectivity index (χ2n) is 28.0. The third kappa shape index (κ3) is 36.3. The van der Waals surface area contributed by atoms with Crippen molar-refractivity contribution in [3.05, 3.63) is 0 Å². The van der Waals surface area contributed by atoms with E-state index < -0.39 is 190 Å². The van der Waals surface area contributed by atoms with Crippen LogP contribution in [-0.4, -0.2) is 344 Å². The molecule has 19 N–H and O–H groups in total. The van der Waals surface area contributed by atoms with Gasteiger partial charge >= 0.3 is 0 Å². The number of amides is 9. The first-order chi connectivity index (χ1) is 51.5. The minimum absolute atomic E-state index is 0.0224. The summed E-state index contributed by atoms with van der Waals surface area (Å²) in [5.74, 6) is -4.87. The highest BCUT2D eigenvalue weighted by atomic mass is 16.7. The molecule has 4 rings (SSSR count). The van der Waals surface area contributed by atoms with E-state index in [4.69, 9.17) is 52.1 Å². The minimum Gasteiger partial charge on any atom is -0.394 e. The Morgan fingerprint density at radius 1 is 0.407 bits per heavy atom. The fourth-order valence-corrected chi connectivity index (χ4v) is 12.1. The van der Waals surface area contributed by atoms with Crippen molar-refractivity contribution in [1.29, 1.82) is 0 Å². The van der Waals surface area contributed by atoms with Crippen molar-refractivity contribution in [1.82, 2.24) is 47.9 Å². The van der Waals surface area contributed by atoms with Gasteiger partial charge in [-0.2, -0.15) is 0 Å². The summed E-state index contributed by atoms with van der Waals surface area (Å²) in [5.41, 5.74) is -0.377. The molecule has 0 aromatic carbocycles. The van der Waals surface area contributed by atoms with Gasteiger partial charge in [0.15, 0.2) is 18.9 Å². The summed E-state index contributed by atoms with van der Waals surface area (Å²) in [5, 5.41) is 126. The van der Waals surface area contributed by atoms with Gasteiger partial charge in [0.05, 0.1) is 104 Å². The predicted octanol–water partition coefficient (Wildman–Crippen LogP) is -6.46. The van der Waals surface area contributed by atoms with E-state index in [1.165, 1.54) is 20.8 Å². The van der Waals surface area contributed by atoms with Crippen LogP contribution in [0.3, 0.4) is 0 Å². The largest absolute Gasteiger partial charge is 0.394 e. The molecule has 4 fully saturated rings. The molecule has 0 aliphatic carbocycles. The van der Waals surface area contributed by atoms with E-state index in [0.717, 1.165) is 32.1 Å². The molecule has 0 spiro atoms. The van der Waals surface area contributed by atoms with Gasteiger partial charge in [-0.1, -0.05) is 38.5 Å². The average molecular weight is 1560 g/mol. The Bertz CT molecular complexity index is 2660. The topological polar surface area (TPSA) is 566 Å². The fourth-order valence-electron chi connectivity index (χ4n) is 12.1. The van der Waals surface area contributed by atoms with Crippen LogP contribution in [-0.2, 0) is 95.3 Å². The van der Waals surface area contributed by atoms with Gasteiger partial charge in [0.1, 0.15) is 91.2 Å². The van der Waals surface area contributed by atoms with Gasteiger partial charge in [0, 0.05) is 72.6 Å². The number of hydrogen-bond acceptors (Lipinski definition) is 30. The molecule has 4 heterocycles. The summed E-state index contributed by atoms with van der Waals surface area (Å²) in [4.78, 5) is 116. The summed E-state index contributed by atoms with van der Waals surface area (Å²) in [6, 6.07) is -6.17. The van der Waals surface area contributed by atoms with Crippen molar-refractivity contribution in [3.8, 4) is 0 Å². The Hall–Kier alpha value is -5.61. The van der Waals surface area contributed by atoms with Gasteiger partial charge in [0.25, 0.3) is 0 Å². The maximum Gasteiger partial charge on any atom is 0.242 e. The summed E-state index contributed by atoms with van der Waals surface area (Å²) in [7, 11) is 0. The normalized spacial score (nSPS) is 27.8. The van der Waals surface area contributed by atoms with Crippen LogP contribution in [0.25, 0.3) is 0 Å². The molecule has 9 amide bonds. The van der Waals surface area contributed by atoms with Gasteiger partial charge in [-0.25, -0.2) is 0 Å². The third-order valence-corrected chi connectivity index (χ3v) is 17.9. The molecule has 0 saturated carbocycles. The predicted molar refractivity (Wildman–Crippen MR) is 377 cm³/mol. The van der Waals surface area contributed by atoms with E-state index in [0.29, 0.717) is 45.1 Å². The molecule has 624 valence electrons. The summed E-state index contributed by atoms with van der Waals surface area (Å²) in [6.45, 7) is 6.83. The number of unbranched alkanes of at least 4 members (excludes halogenated alkanes) is 7. The van der Waals surface area contributed by atoms with Gasteiger partial charge < -0.3 is 151 Å². The highest BCUT2D eigenvalue weighted by Gasteiger charge is 2.48. The van der Waals surface area contributed by atoms with E-state index in [9.17, 15) is 94.2 Å². The van der Waals surface area contributed by atoms with Gasteiger partial charge in [0.2, 0.25) is 53.2 Å². The number of carbonyl (C=O) groups excluding carboxylic acids is 9. The molecule has 39 nitrogen and oxygen atoms in total. The SMILES string of the molecule is CC(=O)NC1C(OCCOCCNC(=O)CC[C@H](NC(=O)CC[C@H](NC(=O)CCCCCCCCCCC(=O)NC[C@@H]2CC[C@H](O)[C@@H](COC(C)(C)C)O2)C(=O)NCCOCCOC2OC(CO)C(O)C(O)C2NC(C)=O)C(=O)NCCOCCOC2OC(CO)C(O)C(O)C2NC(C)=O)OC(CO)C(O)C1O. The first-order valence-electron chi connectivity index (χ1n) is 37.4. The molecule has 4 saturated heterocycles. The van der Waals surface area contributed by atoms with Gasteiger partial charge in [-0.05, 0) is 59.3 Å². The summed E-state index contributed by atoms with van der Waals surface area (Å²) >= 11 is 0. The third-order valence-electron chi connectivity index (χ3n) is 17.9. The molecule has 0 aromatic heterocycles. The van der Waals surface area contributed by atoms with E-state index in [1.54, 1.807) is 0 Å². The quantitative estimate of drug-likeness (QED) is 0.0252. The van der Waals surface area contributed by atoms with E-state index in [1.807, 2.05) is 20.8 Å². The first-order valence-corrected chi connectivity index (χ1v) is 37.4. The molecular weight excluding hydrogens is 1430 g/mol. The zero-order chi connectivity index (χ0) is 79.7. The number of carbonyl (C=O) groups is 9. The molecule has 39 heteroatoms. The number of rotatable bonds is 52. The van der Waals surface area contributed by atoms with Crippen LogP contribution in [0, 0.1) is 0 Å². The molecule has 0 aromatic rings. The van der Waals surface area contributed by atoms with Crippen LogP contribution in [0.5, 0.6) is 0 Å². The Labute approximate surface area is 629 Å². The molecule has 4 aliphatic rings.